The van der Waals surface area contributed by atoms with Crippen molar-refractivity contribution in [1.82, 2.24) is 4.98 Å². The lowest BCUT2D eigenvalue weighted by molar-refractivity contribution is 0.412. The second kappa shape index (κ2) is 6.00. The third-order valence-corrected chi connectivity index (χ3v) is 4.88. The van der Waals surface area contributed by atoms with Crippen molar-refractivity contribution in [3.8, 4) is 27.6 Å². The Balaban J connectivity index is 1.99. The average molecular weight is 360 g/mol. The van der Waals surface area contributed by atoms with E-state index in [1.54, 1.807) is 18.4 Å². The van der Waals surface area contributed by atoms with Gasteiger partial charge in [0.1, 0.15) is 10.8 Å². The highest BCUT2D eigenvalue weighted by Crippen LogP contribution is 2.33. The molecule has 0 bridgehead atoms. The number of aromatic nitrogens is 1. The summed E-state index contributed by atoms with van der Waals surface area (Å²) >= 11 is 5.23. The second-order valence-electron chi connectivity index (χ2n) is 4.70. The Kier molecular flexibility index (Phi) is 4.08. The van der Waals surface area contributed by atoms with Crippen LogP contribution in [0.2, 0.25) is 0 Å². The highest BCUT2D eigenvalue weighted by atomic mass is 79.9. The van der Waals surface area contributed by atoms with Crippen LogP contribution in [0.5, 0.6) is 5.75 Å². The van der Waals surface area contributed by atoms with Crippen LogP contribution in [0.1, 0.15) is 5.56 Å². The molecule has 0 N–H and O–H groups in total. The number of methoxy groups -OCH3 is 1. The number of hydrogen-bond donors (Lipinski definition) is 0. The zero-order chi connectivity index (χ0) is 14.8. The van der Waals surface area contributed by atoms with Gasteiger partial charge in [-0.2, -0.15) is 0 Å². The van der Waals surface area contributed by atoms with Crippen molar-refractivity contribution in [3.63, 3.8) is 0 Å². The SMILES string of the molecule is COc1ccc(-c2nc(-c3ccccc3Br)cs2)cc1C. The largest absolute Gasteiger partial charge is 0.496 e. The van der Waals surface area contributed by atoms with E-state index in [0.29, 0.717) is 0 Å². The van der Waals surface area contributed by atoms with Crippen LogP contribution in [-0.4, -0.2) is 12.1 Å². The van der Waals surface area contributed by atoms with Gasteiger partial charge in [0.2, 0.25) is 0 Å². The number of benzene rings is 2. The van der Waals surface area contributed by atoms with Crippen molar-refractivity contribution < 1.29 is 4.74 Å². The molecule has 4 heteroatoms. The molecule has 0 radical (unpaired) electrons. The van der Waals surface area contributed by atoms with Crippen LogP contribution in [0.25, 0.3) is 21.8 Å². The van der Waals surface area contributed by atoms with Gasteiger partial charge in [0.25, 0.3) is 0 Å². The number of rotatable bonds is 3. The van der Waals surface area contributed by atoms with Crippen LogP contribution in [-0.2, 0) is 0 Å². The first kappa shape index (κ1) is 14.3. The summed E-state index contributed by atoms with van der Waals surface area (Å²) in [5, 5.41) is 3.11. The fourth-order valence-electron chi connectivity index (χ4n) is 2.21. The third kappa shape index (κ3) is 2.87. The predicted octanol–water partition coefficient (Wildman–Crippen LogP) is 5.56. The molecular weight excluding hydrogens is 346 g/mol. The molecule has 0 fully saturated rings. The number of thiazole rings is 1. The lowest BCUT2D eigenvalue weighted by Gasteiger charge is -2.05. The van der Waals surface area contributed by atoms with E-state index in [-0.39, 0.29) is 0 Å². The van der Waals surface area contributed by atoms with Gasteiger partial charge < -0.3 is 4.74 Å². The molecular formula is C17H14BrNOS. The Hall–Kier alpha value is -1.65. The van der Waals surface area contributed by atoms with E-state index in [1.165, 1.54) is 0 Å². The molecule has 106 valence electrons. The van der Waals surface area contributed by atoms with Crippen LogP contribution in [0.4, 0.5) is 0 Å². The Morgan fingerprint density at radius 2 is 1.95 bits per heavy atom. The summed E-state index contributed by atoms with van der Waals surface area (Å²) in [7, 11) is 1.69. The molecule has 2 nitrogen and oxygen atoms in total. The van der Waals surface area contributed by atoms with Crippen LogP contribution in [0, 0.1) is 6.92 Å². The van der Waals surface area contributed by atoms with Gasteiger partial charge in [-0.1, -0.05) is 34.1 Å². The van der Waals surface area contributed by atoms with Gasteiger partial charge >= 0.3 is 0 Å². The lowest BCUT2D eigenvalue weighted by Crippen LogP contribution is -1.87. The molecule has 0 amide bonds. The molecule has 21 heavy (non-hydrogen) atoms. The summed E-state index contributed by atoms with van der Waals surface area (Å²) in [6, 6.07) is 14.3. The molecule has 0 aliphatic rings. The molecule has 3 aromatic rings. The number of hydrogen-bond acceptors (Lipinski definition) is 3. The summed E-state index contributed by atoms with van der Waals surface area (Å²) in [6.45, 7) is 2.05. The number of aryl methyl sites for hydroxylation is 1. The molecule has 0 saturated carbocycles. The topological polar surface area (TPSA) is 22.1 Å². The van der Waals surface area contributed by atoms with E-state index >= 15 is 0 Å². The quantitative estimate of drug-likeness (QED) is 0.610. The minimum Gasteiger partial charge on any atom is -0.496 e. The van der Waals surface area contributed by atoms with Crippen molar-refractivity contribution in [2.45, 2.75) is 6.92 Å². The zero-order valence-electron chi connectivity index (χ0n) is 11.8. The van der Waals surface area contributed by atoms with Crippen molar-refractivity contribution in [2.24, 2.45) is 0 Å². The first-order valence-electron chi connectivity index (χ1n) is 6.54. The second-order valence-corrected chi connectivity index (χ2v) is 6.41. The fourth-order valence-corrected chi connectivity index (χ4v) is 3.52. The summed E-state index contributed by atoms with van der Waals surface area (Å²) < 4.78 is 6.37. The minimum atomic E-state index is 0.904. The molecule has 3 rings (SSSR count). The normalized spacial score (nSPS) is 10.6. The van der Waals surface area contributed by atoms with E-state index in [1.807, 2.05) is 31.2 Å². The Labute approximate surface area is 136 Å². The molecule has 0 spiro atoms. The zero-order valence-corrected chi connectivity index (χ0v) is 14.2. The Morgan fingerprint density at radius 1 is 1.14 bits per heavy atom. The Morgan fingerprint density at radius 3 is 2.67 bits per heavy atom. The van der Waals surface area contributed by atoms with Gasteiger partial charge in [0.15, 0.2) is 0 Å². The third-order valence-electron chi connectivity index (χ3n) is 3.30. The molecule has 0 saturated heterocycles. The van der Waals surface area contributed by atoms with Gasteiger partial charge in [-0.3, -0.25) is 0 Å². The Bertz CT molecular complexity index is 782. The van der Waals surface area contributed by atoms with E-state index in [4.69, 9.17) is 9.72 Å². The van der Waals surface area contributed by atoms with Gasteiger partial charge in [-0.15, -0.1) is 11.3 Å². The summed E-state index contributed by atoms with van der Waals surface area (Å²) in [4.78, 5) is 4.76. The van der Waals surface area contributed by atoms with Crippen molar-refractivity contribution in [1.29, 1.82) is 0 Å². The van der Waals surface area contributed by atoms with E-state index in [0.717, 1.165) is 37.6 Å². The standard InChI is InChI=1S/C17H14BrNOS/c1-11-9-12(7-8-16(11)20-2)17-19-15(10-21-17)13-5-3-4-6-14(13)18/h3-10H,1-2H3. The van der Waals surface area contributed by atoms with Crippen LogP contribution >= 0.6 is 27.3 Å². The molecule has 0 aliphatic heterocycles. The molecule has 1 aromatic heterocycles. The molecule has 1 heterocycles. The maximum Gasteiger partial charge on any atom is 0.124 e. The van der Waals surface area contributed by atoms with Gasteiger partial charge in [-0.05, 0) is 36.8 Å². The first-order chi connectivity index (χ1) is 10.2. The van der Waals surface area contributed by atoms with Crippen LogP contribution in [0.3, 0.4) is 0 Å². The van der Waals surface area contributed by atoms with Gasteiger partial charge in [-0.25, -0.2) is 4.98 Å². The highest BCUT2D eigenvalue weighted by Gasteiger charge is 2.10. The van der Waals surface area contributed by atoms with Gasteiger partial charge in [0, 0.05) is 21.0 Å². The predicted molar refractivity (Wildman–Crippen MR) is 92.0 cm³/mol. The maximum atomic E-state index is 5.30. The number of nitrogens with zero attached hydrogens (tertiary/aromatic N) is 1. The van der Waals surface area contributed by atoms with Crippen LogP contribution < -0.4 is 4.74 Å². The summed E-state index contributed by atoms with van der Waals surface area (Å²) in [5.41, 5.74) is 4.35. The highest BCUT2D eigenvalue weighted by molar-refractivity contribution is 9.10. The first-order valence-corrected chi connectivity index (χ1v) is 8.22. The lowest BCUT2D eigenvalue weighted by atomic mass is 10.1. The molecule has 0 aliphatic carbocycles. The average Bonchev–Trinajstić information content (AvgIpc) is 2.97. The monoisotopic (exact) mass is 359 g/mol. The van der Waals surface area contributed by atoms with E-state index in [2.05, 4.69) is 39.5 Å². The molecule has 2 aromatic carbocycles. The van der Waals surface area contributed by atoms with Gasteiger partial charge in [0.05, 0.1) is 12.8 Å². The number of halogens is 1. The smallest absolute Gasteiger partial charge is 0.124 e. The fraction of sp³-hybridized carbons (Fsp3) is 0.118. The maximum absolute atomic E-state index is 5.30. The van der Waals surface area contributed by atoms with Crippen molar-refractivity contribution in [2.75, 3.05) is 7.11 Å². The molecule has 0 unspecified atom stereocenters. The summed E-state index contributed by atoms with van der Waals surface area (Å²) in [6.07, 6.45) is 0. The van der Waals surface area contributed by atoms with Crippen LogP contribution in [0.15, 0.2) is 52.3 Å². The minimum absolute atomic E-state index is 0.904. The van der Waals surface area contributed by atoms with Crippen molar-refractivity contribution in [3.05, 3.63) is 57.9 Å². The number of ether oxygens (including phenoxy) is 1. The molecule has 0 atom stereocenters. The van der Waals surface area contributed by atoms with E-state index in [9.17, 15) is 0 Å². The summed E-state index contributed by atoms with van der Waals surface area (Å²) in [5.74, 6) is 0.904. The van der Waals surface area contributed by atoms with Crippen molar-refractivity contribution >= 4 is 27.3 Å². The van der Waals surface area contributed by atoms with E-state index < -0.39 is 0 Å².